The molecule has 0 aromatic heterocycles. The van der Waals surface area contributed by atoms with E-state index in [1.165, 1.54) is 0 Å². The number of methoxy groups -OCH3 is 1. The molecule has 0 spiro atoms. The molecule has 0 radical (unpaired) electrons. The van der Waals surface area contributed by atoms with E-state index in [1.807, 2.05) is 36.4 Å². The van der Waals surface area contributed by atoms with Crippen LogP contribution in [0.15, 0.2) is 59.8 Å². The fraction of sp³-hybridized carbons (Fsp3) is 0.480. The Morgan fingerprint density at radius 3 is 2.68 bits per heavy atom. The van der Waals surface area contributed by atoms with E-state index in [0.717, 1.165) is 29.0 Å². The highest BCUT2D eigenvalue weighted by Crippen LogP contribution is 2.20. The minimum atomic E-state index is -0.569. The molecule has 0 saturated carbocycles. The first-order valence-corrected chi connectivity index (χ1v) is 10.9. The standard InChI is InChI=1S/C25H34N2O4/c1-19(2)17-30-18-22(28)15-27(14-20-8-7-11-23(12-20)29-3)16-24-13-25(26-31-24)21-9-5-4-6-10-21/h4-12,19,22,24,28H,13-18H2,1-3H3/t22-,24-/m0/s1. The maximum absolute atomic E-state index is 10.6. The molecule has 0 saturated heterocycles. The summed E-state index contributed by atoms with van der Waals surface area (Å²) in [6, 6.07) is 18.1. The lowest BCUT2D eigenvalue weighted by Gasteiger charge is -2.27. The summed E-state index contributed by atoms with van der Waals surface area (Å²) in [6.07, 6.45) is 0.128. The summed E-state index contributed by atoms with van der Waals surface area (Å²) in [6.45, 7) is 7.01. The molecule has 2 aromatic carbocycles. The third kappa shape index (κ3) is 7.65. The predicted octanol–water partition coefficient (Wildman–Crippen LogP) is 3.72. The fourth-order valence-electron chi connectivity index (χ4n) is 3.64. The Bertz CT molecular complexity index is 825. The topological polar surface area (TPSA) is 63.5 Å². The van der Waals surface area contributed by atoms with Gasteiger partial charge in [0.1, 0.15) is 11.9 Å². The van der Waals surface area contributed by atoms with Crippen LogP contribution in [0.25, 0.3) is 0 Å². The van der Waals surface area contributed by atoms with Crippen LogP contribution in [-0.2, 0) is 16.1 Å². The first kappa shape index (κ1) is 23.3. The van der Waals surface area contributed by atoms with Gasteiger partial charge >= 0.3 is 0 Å². The molecule has 1 aliphatic rings. The smallest absolute Gasteiger partial charge is 0.145 e. The van der Waals surface area contributed by atoms with Gasteiger partial charge in [0.05, 0.1) is 25.5 Å². The van der Waals surface area contributed by atoms with Crippen LogP contribution < -0.4 is 4.74 Å². The van der Waals surface area contributed by atoms with Crippen LogP contribution in [0.3, 0.4) is 0 Å². The van der Waals surface area contributed by atoms with Gasteiger partial charge < -0.3 is 19.4 Å². The van der Waals surface area contributed by atoms with Crippen LogP contribution in [0.1, 0.15) is 31.4 Å². The Hall–Kier alpha value is -2.41. The number of aliphatic hydroxyl groups excluding tert-OH is 1. The Morgan fingerprint density at radius 1 is 1.13 bits per heavy atom. The molecule has 1 heterocycles. The molecule has 6 nitrogen and oxygen atoms in total. The van der Waals surface area contributed by atoms with Gasteiger partial charge in [0.2, 0.25) is 0 Å². The first-order valence-electron chi connectivity index (χ1n) is 10.9. The Morgan fingerprint density at radius 2 is 1.94 bits per heavy atom. The number of aliphatic hydroxyl groups is 1. The Balaban J connectivity index is 1.61. The minimum absolute atomic E-state index is 0.0513. The predicted molar refractivity (Wildman–Crippen MR) is 122 cm³/mol. The van der Waals surface area contributed by atoms with E-state index < -0.39 is 6.10 Å². The molecule has 0 bridgehead atoms. The van der Waals surface area contributed by atoms with Crippen LogP contribution in [0.2, 0.25) is 0 Å². The summed E-state index contributed by atoms with van der Waals surface area (Å²) in [5, 5.41) is 14.9. The molecule has 0 unspecified atom stereocenters. The number of hydrogen-bond acceptors (Lipinski definition) is 6. The van der Waals surface area contributed by atoms with Crippen molar-refractivity contribution in [3.05, 3.63) is 65.7 Å². The van der Waals surface area contributed by atoms with Crippen LogP contribution in [0.5, 0.6) is 5.75 Å². The number of ether oxygens (including phenoxy) is 2. The van der Waals surface area contributed by atoms with E-state index in [-0.39, 0.29) is 6.10 Å². The molecule has 168 valence electrons. The molecule has 3 rings (SSSR count). The van der Waals surface area contributed by atoms with Crippen molar-refractivity contribution in [2.24, 2.45) is 11.1 Å². The average molecular weight is 427 g/mol. The second-order valence-corrected chi connectivity index (χ2v) is 8.47. The molecule has 1 N–H and O–H groups in total. The van der Waals surface area contributed by atoms with Crippen molar-refractivity contribution in [1.82, 2.24) is 4.90 Å². The second kappa shape index (κ2) is 11.8. The summed E-state index contributed by atoms with van der Waals surface area (Å²) >= 11 is 0. The van der Waals surface area contributed by atoms with Gasteiger partial charge in [-0.05, 0) is 29.2 Å². The van der Waals surface area contributed by atoms with Gasteiger partial charge in [-0.15, -0.1) is 0 Å². The van der Waals surface area contributed by atoms with Crippen molar-refractivity contribution >= 4 is 5.71 Å². The molecule has 31 heavy (non-hydrogen) atoms. The molecule has 2 aromatic rings. The van der Waals surface area contributed by atoms with Crippen molar-refractivity contribution in [3.63, 3.8) is 0 Å². The molecule has 0 amide bonds. The molecule has 1 aliphatic heterocycles. The Kier molecular flexibility index (Phi) is 8.88. The highest BCUT2D eigenvalue weighted by atomic mass is 16.6. The van der Waals surface area contributed by atoms with Crippen LogP contribution in [0.4, 0.5) is 0 Å². The van der Waals surface area contributed by atoms with E-state index in [9.17, 15) is 5.11 Å². The number of nitrogens with zero attached hydrogens (tertiary/aromatic N) is 2. The summed E-state index contributed by atoms with van der Waals surface area (Å²) < 4.78 is 11.0. The lowest BCUT2D eigenvalue weighted by molar-refractivity contribution is -0.00735. The quantitative estimate of drug-likeness (QED) is 0.560. The largest absolute Gasteiger partial charge is 0.497 e. The zero-order valence-electron chi connectivity index (χ0n) is 18.7. The number of oxime groups is 1. The highest BCUT2D eigenvalue weighted by molar-refractivity contribution is 6.01. The van der Waals surface area contributed by atoms with E-state index in [4.69, 9.17) is 14.3 Å². The molecular formula is C25H34N2O4. The first-order chi connectivity index (χ1) is 15.0. The van der Waals surface area contributed by atoms with Crippen molar-refractivity contribution in [3.8, 4) is 5.75 Å². The third-order valence-electron chi connectivity index (χ3n) is 5.07. The molecular weight excluding hydrogens is 392 g/mol. The number of rotatable bonds is 12. The van der Waals surface area contributed by atoms with Gasteiger partial charge in [0.25, 0.3) is 0 Å². The summed E-state index contributed by atoms with van der Waals surface area (Å²) in [4.78, 5) is 7.94. The maximum atomic E-state index is 10.6. The van der Waals surface area contributed by atoms with E-state index in [2.05, 4.69) is 42.1 Å². The third-order valence-corrected chi connectivity index (χ3v) is 5.07. The lowest BCUT2D eigenvalue weighted by Crippen LogP contribution is -2.39. The van der Waals surface area contributed by atoms with Gasteiger partial charge in [-0.3, -0.25) is 4.90 Å². The number of benzene rings is 2. The van der Waals surface area contributed by atoms with Crippen molar-refractivity contribution < 1.29 is 19.4 Å². The molecule has 2 atom stereocenters. The average Bonchev–Trinajstić information content (AvgIpc) is 3.22. The lowest BCUT2D eigenvalue weighted by atomic mass is 10.0. The van der Waals surface area contributed by atoms with Gasteiger partial charge in [-0.2, -0.15) is 0 Å². The summed E-state index contributed by atoms with van der Waals surface area (Å²) in [5.41, 5.74) is 3.18. The molecule has 6 heteroatoms. The van der Waals surface area contributed by atoms with Crippen molar-refractivity contribution in [2.75, 3.05) is 33.4 Å². The summed E-state index contributed by atoms with van der Waals surface area (Å²) in [5.74, 6) is 1.27. The molecule has 0 aliphatic carbocycles. The second-order valence-electron chi connectivity index (χ2n) is 8.47. The number of hydrogen-bond donors (Lipinski definition) is 1. The van der Waals surface area contributed by atoms with Crippen LogP contribution in [0, 0.1) is 5.92 Å². The SMILES string of the molecule is COc1cccc(CN(C[C@H](O)COCC(C)C)C[C@@H]2CC(c3ccccc3)=NO2)c1. The Labute approximate surface area is 185 Å². The fourth-order valence-corrected chi connectivity index (χ4v) is 3.64. The summed E-state index contributed by atoms with van der Waals surface area (Å²) in [7, 11) is 1.67. The van der Waals surface area contributed by atoms with Gasteiger partial charge in [0.15, 0.2) is 0 Å². The van der Waals surface area contributed by atoms with Gasteiger partial charge in [-0.25, -0.2) is 0 Å². The van der Waals surface area contributed by atoms with Crippen LogP contribution in [-0.4, -0.2) is 61.3 Å². The molecule has 0 fully saturated rings. The van der Waals surface area contributed by atoms with E-state index in [1.54, 1.807) is 7.11 Å². The maximum Gasteiger partial charge on any atom is 0.145 e. The van der Waals surface area contributed by atoms with Crippen molar-refractivity contribution in [2.45, 2.75) is 39.0 Å². The van der Waals surface area contributed by atoms with Crippen molar-refractivity contribution in [1.29, 1.82) is 0 Å². The zero-order valence-corrected chi connectivity index (χ0v) is 18.7. The monoisotopic (exact) mass is 426 g/mol. The van der Waals surface area contributed by atoms with E-state index >= 15 is 0 Å². The van der Waals surface area contributed by atoms with Gasteiger partial charge in [-0.1, -0.05) is 61.5 Å². The highest BCUT2D eigenvalue weighted by Gasteiger charge is 2.25. The zero-order chi connectivity index (χ0) is 22.1. The van der Waals surface area contributed by atoms with Crippen LogP contribution >= 0.6 is 0 Å². The van der Waals surface area contributed by atoms with E-state index in [0.29, 0.717) is 38.8 Å². The van der Waals surface area contributed by atoms with Gasteiger partial charge in [0, 0.05) is 32.7 Å². The minimum Gasteiger partial charge on any atom is -0.497 e. The normalized spacial score (nSPS) is 17.0.